The molecule has 0 amide bonds. The zero-order chi connectivity index (χ0) is 16.8. The Balaban J connectivity index is 0.00000121. The van der Waals surface area contributed by atoms with Gasteiger partial charge in [0, 0.05) is 0 Å². The molecule has 0 nitrogen and oxygen atoms in total. The van der Waals surface area contributed by atoms with E-state index in [4.69, 9.17) is 0 Å². The smallest absolute Gasteiger partial charge is 1.00 e. The SMILES string of the molecule is CC1=[C]([Ti+2](=[C](C)C)[CH]2c3ccccc3-c3ccccc32)C(C)C=C1.[Cl-].[Cl-]. The first kappa shape index (κ1) is 21.4. The molecule has 1 unspecified atom stereocenters. The van der Waals surface area contributed by atoms with Crippen LogP contribution in [0.1, 0.15) is 43.0 Å². The summed E-state index contributed by atoms with van der Waals surface area (Å²) in [6.45, 7) is 9.46. The first-order valence-electron chi connectivity index (χ1n) is 8.84. The molecule has 134 valence electrons. The Labute approximate surface area is 175 Å². The Morgan fingerprint density at radius 1 is 0.846 bits per heavy atom. The van der Waals surface area contributed by atoms with Gasteiger partial charge in [-0.1, -0.05) is 0 Å². The molecule has 0 aliphatic heterocycles. The van der Waals surface area contributed by atoms with Crippen molar-refractivity contribution in [1.29, 1.82) is 0 Å². The first-order valence-corrected chi connectivity index (χ1v) is 11.3. The Morgan fingerprint density at radius 3 is 1.77 bits per heavy atom. The van der Waals surface area contributed by atoms with Crippen LogP contribution in [0.4, 0.5) is 0 Å². The number of halogens is 2. The van der Waals surface area contributed by atoms with Crippen molar-refractivity contribution in [2.45, 2.75) is 31.9 Å². The Kier molecular flexibility index (Phi) is 6.91. The largest absolute Gasteiger partial charge is 1.00 e. The minimum Gasteiger partial charge on any atom is -1.00 e. The van der Waals surface area contributed by atoms with E-state index in [2.05, 4.69) is 88.4 Å². The zero-order valence-corrected chi connectivity index (χ0v) is 18.8. The van der Waals surface area contributed by atoms with E-state index < -0.39 is 17.4 Å². The molecule has 0 aromatic heterocycles. The van der Waals surface area contributed by atoms with E-state index in [0.717, 1.165) is 0 Å². The van der Waals surface area contributed by atoms with Crippen LogP contribution < -0.4 is 24.8 Å². The first-order chi connectivity index (χ1) is 11.6. The number of rotatable bonds is 2. The molecule has 0 N–H and O–H groups in total. The minimum atomic E-state index is -1.62. The van der Waals surface area contributed by atoms with Crippen LogP contribution >= 0.6 is 0 Å². The monoisotopic (exact) mass is 418 g/mol. The molecule has 2 aliphatic rings. The Bertz CT molecular complexity index is 872. The van der Waals surface area contributed by atoms with Crippen molar-refractivity contribution >= 4 is 3.81 Å². The number of hydrogen-bond acceptors (Lipinski definition) is 0. The number of allylic oxidation sites excluding steroid dienone is 4. The summed E-state index contributed by atoms with van der Waals surface area (Å²) in [5, 5.41) is 0. The van der Waals surface area contributed by atoms with Crippen LogP contribution in [0.5, 0.6) is 0 Å². The van der Waals surface area contributed by atoms with Gasteiger partial charge < -0.3 is 24.8 Å². The van der Waals surface area contributed by atoms with Gasteiger partial charge in [-0.25, -0.2) is 0 Å². The third-order valence-electron chi connectivity index (χ3n) is 5.47. The average molecular weight is 419 g/mol. The van der Waals surface area contributed by atoms with Crippen LogP contribution in [0.2, 0.25) is 0 Å². The summed E-state index contributed by atoms with van der Waals surface area (Å²) in [5.74, 6) is 0.606. The van der Waals surface area contributed by atoms with E-state index in [9.17, 15) is 0 Å². The third kappa shape index (κ3) is 3.34. The van der Waals surface area contributed by atoms with E-state index in [1.165, 1.54) is 16.7 Å². The minimum absolute atomic E-state index is 0. The molecule has 0 fully saturated rings. The summed E-state index contributed by atoms with van der Waals surface area (Å²) >= 11 is -1.62. The molecule has 0 heterocycles. The zero-order valence-electron chi connectivity index (χ0n) is 15.7. The molecule has 4 rings (SSSR count). The second-order valence-electron chi connectivity index (χ2n) is 7.27. The summed E-state index contributed by atoms with van der Waals surface area (Å²) in [4.78, 5) is 0. The van der Waals surface area contributed by atoms with Gasteiger partial charge in [0.2, 0.25) is 0 Å². The number of fused-ring (bicyclic) bond motifs is 3. The maximum Gasteiger partial charge on any atom is -1.00 e. The van der Waals surface area contributed by atoms with Gasteiger partial charge >= 0.3 is 151 Å². The summed E-state index contributed by atoms with van der Waals surface area (Å²) in [6, 6.07) is 18.2. The van der Waals surface area contributed by atoms with Crippen molar-refractivity contribution in [2.24, 2.45) is 5.92 Å². The third-order valence-corrected chi connectivity index (χ3v) is 11.3. The van der Waals surface area contributed by atoms with Crippen LogP contribution in [0.25, 0.3) is 11.1 Å². The molecule has 0 saturated heterocycles. The van der Waals surface area contributed by atoms with Gasteiger partial charge in [-0.05, 0) is 0 Å². The van der Waals surface area contributed by atoms with E-state index in [1.54, 1.807) is 18.8 Å². The van der Waals surface area contributed by atoms with Gasteiger partial charge in [0.15, 0.2) is 0 Å². The normalized spacial score (nSPS) is 17.0. The van der Waals surface area contributed by atoms with E-state index in [-0.39, 0.29) is 24.8 Å². The molecule has 2 aliphatic carbocycles. The quantitative estimate of drug-likeness (QED) is 0.605. The van der Waals surface area contributed by atoms with Crippen molar-refractivity contribution in [3.8, 4) is 11.1 Å². The maximum atomic E-state index is 2.40. The van der Waals surface area contributed by atoms with E-state index >= 15 is 0 Å². The molecule has 2 aromatic carbocycles. The molecule has 26 heavy (non-hydrogen) atoms. The Hall–Kier alpha value is -0.916. The number of benzene rings is 2. The van der Waals surface area contributed by atoms with Gasteiger partial charge in [0.1, 0.15) is 0 Å². The van der Waals surface area contributed by atoms with Gasteiger partial charge in [-0.2, -0.15) is 0 Å². The van der Waals surface area contributed by atoms with Crippen LogP contribution in [0, 0.1) is 5.92 Å². The second-order valence-corrected chi connectivity index (χ2v) is 11.9. The molecule has 0 radical (unpaired) electrons. The van der Waals surface area contributed by atoms with E-state index in [0.29, 0.717) is 10.1 Å². The standard InChI is InChI=1S/C13H9.C7H9.C3H6.2ClH.Ti/c1-3-7-12-10(5-1)9-11-6-2-4-8-13(11)12;1-6-3-4-7(2)5-6;1-3-2;;;/h1-9H;3-4,6H,1-2H3;1-2H3;2*1H;/q;;;;;+2/p-2. The predicted octanol–water partition coefficient (Wildman–Crippen LogP) is 0.0747. The van der Waals surface area contributed by atoms with E-state index in [1.807, 2.05) is 0 Å². The van der Waals surface area contributed by atoms with Crippen molar-refractivity contribution in [3.63, 3.8) is 0 Å². The van der Waals surface area contributed by atoms with Crippen molar-refractivity contribution in [2.75, 3.05) is 0 Å². The predicted molar refractivity (Wildman–Crippen MR) is 101 cm³/mol. The van der Waals surface area contributed by atoms with Crippen molar-refractivity contribution < 1.29 is 42.2 Å². The maximum absolute atomic E-state index is 2.40. The summed E-state index contributed by atoms with van der Waals surface area (Å²) in [5.41, 5.74) is 7.58. The van der Waals surface area contributed by atoms with Crippen LogP contribution in [-0.4, -0.2) is 3.81 Å². The van der Waals surface area contributed by atoms with Crippen molar-refractivity contribution in [3.05, 3.63) is 81.3 Å². The summed E-state index contributed by atoms with van der Waals surface area (Å²) in [7, 11) is 0. The van der Waals surface area contributed by atoms with Gasteiger partial charge in [-0.3, -0.25) is 0 Å². The average Bonchev–Trinajstić information content (AvgIpc) is 3.08. The van der Waals surface area contributed by atoms with Gasteiger partial charge in [0.05, 0.1) is 0 Å². The molecule has 3 heteroatoms. The molecule has 0 spiro atoms. The fraction of sp³-hybridized carbons (Fsp3) is 0.261. The fourth-order valence-electron chi connectivity index (χ4n) is 4.47. The van der Waals surface area contributed by atoms with Crippen LogP contribution in [0.3, 0.4) is 0 Å². The summed E-state index contributed by atoms with van der Waals surface area (Å²) < 4.78 is 4.05. The van der Waals surface area contributed by atoms with Crippen LogP contribution in [0.15, 0.2) is 70.1 Å². The summed E-state index contributed by atoms with van der Waals surface area (Å²) in [6.07, 6.45) is 4.75. The molecular weight excluding hydrogens is 395 g/mol. The second kappa shape index (κ2) is 8.40. The Morgan fingerprint density at radius 2 is 1.35 bits per heavy atom. The van der Waals surface area contributed by atoms with Gasteiger partial charge in [-0.15, -0.1) is 0 Å². The topological polar surface area (TPSA) is 0 Å². The molecular formula is C23H24Cl2Ti. The number of hydrogen-bond donors (Lipinski definition) is 0. The molecule has 2 aromatic rings. The fourth-order valence-corrected chi connectivity index (χ4v) is 10.2. The molecule has 1 atom stereocenters. The molecule has 0 bridgehead atoms. The van der Waals surface area contributed by atoms with Crippen LogP contribution in [-0.2, 0) is 17.4 Å². The van der Waals surface area contributed by atoms with Crippen molar-refractivity contribution in [1.82, 2.24) is 0 Å². The van der Waals surface area contributed by atoms with Gasteiger partial charge in [0.25, 0.3) is 0 Å². The molecule has 0 saturated carbocycles.